The molecule has 0 radical (unpaired) electrons. The van der Waals surface area contributed by atoms with E-state index in [-0.39, 0.29) is 30.3 Å². The predicted octanol–water partition coefficient (Wildman–Crippen LogP) is 5.83. The lowest BCUT2D eigenvalue weighted by Gasteiger charge is -2.31. The number of aryl methyl sites for hydroxylation is 1. The molecule has 7 nitrogen and oxygen atoms in total. The SMILES string of the molecule is CC[C@H](C)[C@@H](CN(CC(=O)N[C@@H](CCSC)C(=O)OC)Cc1cccc2ccccc12)NC(=O)CSCc1ccc(C)cc1. The lowest BCUT2D eigenvalue weighted by Crippen LogP contribution is -2.51. The predicted molar refractivity (Wildman–Crippen MR) is 185 cm³/mol. The number of hydrogen-bond donors (Lipinski definition) is 2. The molecule has 44 heavy (non-hydrogen) atoms. The minimum Gasteiger partial charge on any atom is -0.467 e. The van der Waals surface area contributed by atoms with Crippen molar-refractivity contribution in [2.24, 2.45) is 5.92 Å². The van der Waals surface area contributed by atoms with Crippen molar-refractivity contribution in [1.82, 2.24) is 15.5 Å². The van der Waals surface area contributed by atoms with Crippen molar-refractivity contribution in [2.75, 3.05) is 38.0 Å². The lowest BCUT2D eigenvalue weighted by molar-refractivity contribution is -0.145. The Morgan fingerprint density at radius 1 is 0.955 bits per heavy atom. The molecular weight excluding hydrogens is 591 g/mol. The Balaban J connectivity index is 1.76. The number of hydrogen-bond acceptors (Lipinski definition) is 7. The normalized spacial score (nSPS) is 13.3. The van der Waals surface area contributed by atoms with Gasteiger partial charge in [0, 0.05) is 24.9 Å². The van der Waals surface area contributed by atoms with Gasteiger partial charge in [0.15, 0.2) is 0 Å². The maximum absolute atomic E-state index is 13.4. The fraction of sp³-hybridized carbons (Fsp3) is 0.457. The third-order valence-corrected chi connectivity index (χ3v) is 9.47. The highest BCUT2D eigenvalue weighted by atomic mass is 32.2. The molecule has 0 bridgehead atoms. The number of carbonyl (C=O) groups is 3. The van der Waals surface area contributed by atoms with Gasteiger partial charge < -0.3 is 15.4 Å². The second-order valence-electron chi connectivity index (χ2n) is 11.3. The number of nitrogens with one attached hydrogen (secondary N) is 2. The zero-order valence-electron chi connectivity index (χ0n) is 26.6. The molecule has 0 saturated carbocycles. The van der Waals surface area contributed by atoms with E-state index in [1.807, 2.05) is 24.5 Å². The highest BCUT2D eigenvalue weighted by molar-refractivity contribution is 7.99. The number of fused-ring (bicyclic) bond motifs is 1. The van der Waals surface area contributed by atoms with Crippen molar-refractivity contribution in [3.05, 3.63) is 83.4 Å². The summed E-state index contributed by atoms with van der Waals surface area (Å²) in [5.41, 5.74) is 3.52. The van der Waals surface area contributed by atoms with E-state index in [2.05, 4.69) is 84.8 Å². The van der Waals surface area contributed by atoms with Crippen LogP contribution in [-0.2, 0) is 31.4 Å². The van der Waals surface area contributed by atoms with Crippen LogP contribution >= 0.6 is 23.5 Å². The average Bonchev–Trinajstić information content (AvgIpc) is 3.03. The monoisotopic (exact) mass is 637 g/mol. The van der Waals surface area contributed by atoms with E-state index in [9.17, 15) is 14.4 Å². The van der Waals surface area contributed by atoms with Gasteiger partial charge in [0.05, 0.1) is 19.4 Å². The van der Waals surface area contributed by atoms with E-state index >= 15 is 0 Å². The van der Waals surface area contributed by atoms with Crippen LogP contribution in [0.25, 0.3) is 10.8 Å². The standard InChI is InChI=1S/C35H47N3O4S2/c1-6-26(3)32(37-34(40)24-44-23-27-16-14-25(2)15-17-27)21-38(20-29-12-9-11-28-10-7-8-13-30(28)29)22-33(39)36-31(18-19-43-5)35(41)42-4/h7-17,26,31-32H,6,18-24H2,1-5H3,(H,36,39)(H,37,40)/t26-,31-,32+/m0/s1. The number of amides is 2. The van der Waals surface area contributed by atoms with Gasteiger partial charge in [-0.2, -0.15) is 11.8 Å². The summed E-state index contributed by atoms with van der Waals surface area (Å²) in [6, 6.07) is 21.9. The van der Waals surface area contributed by atoms with Crippen molar-refractivity contribution in [2.45, 2.75) is 58.0 Å². The molecular formula is C35H47N3O4S2. The van der Waals surface area contributed by atoms with Crippen LogP contribution in [0.3, 0.4) is 0 Å². The Morgan fingerprint density at radius 3 is 2.39 bits per heavy atom. The average molecular weight is 638 g/mol. The minimum atomic E-state index is -0.699. The van der Waals surface area contributed by atoms with E-state index < -0.39 is 12.0 Å². The van der Waals surface area contributed by atoms with Gasteiger partial charge in [0.2, 0.25) is 11.8 Å². The molecule has 0 spiro atoms. The first-order valence-electron chi connectivity index (χ1n) is 15.2. The second-order valence-corrected chi connectivity index (χ2v) is 13.2. The van der Waals surface area contributed by atoms with E-state index in [4.69, 9.17) is 4.74 Å². The molecule has 238 valence electrons. The largest absolute Gasteiger partial charge is 0.467 e. The second kappa shape index (κ2) is 18.7. The van der Waals surface area contributed by atoms with Crippen LogP contribution in [0.1, 0.15) is 43.4 Å². The van der Waals surface area contributed by atoms with Crippen LogP contribution in [0.15, 0.2) is 66.7 Å². The Hall–Kier alpha value is -3.01. The number of methoxy groups -OCH3 is 1. The summed E-state index contributed by atoms with van der Waals surface area (Å²) in [6.45, 7) is 7.42. The molecule has 3 atom stereocenters. The van der Waals surface area contributed by atoms with E-state index in [0.717, 1.165) is 34.3 Å². The van der Waals surface area contributed by atoms with Crippen molar-refractivity contribution in [1.29, 1.82) is 0 Å². The van der Waals surface area contributed by atoms with Crippen LogP contribution in [-0.4, -0.2) is 72.7 Å². The first kappa shape index (κ1) is 35.5. The summed E-state index contributed by atoms with van der Waals surface area (Å²) in [5, 5.41) is 8.44. The molecule has 3 rings (SSSR count). The third kappa shape index (κ3) is 11.5. The molecule has 0 aromatic heterocycles. The summed E-state index contributed by atoms with van der Waals surface area (Å²) >= 11 is 3.21. The lowest BCUT2D eigenvalue weighted by atomic mass is 9.97. The number of esters is 1. The van der Waals surface area contributed by atoms with Gasteiger partial charge in [-0.25, -0.2) is 4.79 Å². The molecule has 2 N–H and O–H groups in total. The Labute approximate surface area is 271 Å². The zero-order valence-corrected chi connectivity index (χ0v) is 28.3. The van der Waals surface area contributed by atoms with Gasteiger partial charge in [0.1, 0.15) is 6.04 Å². The van der Waals surface area contributed by atoms with Crippen LogP contribution in [0.2, 0.25) is 0 Å². The van der Waals surface area contributed by atoms with E-state index in [1.165, 1.54) is 18.2 Å². The number of benzene rings is 3. The van der Waals surface area contributed by atoms with Gasteiger partial charge in [0.25, 0.3) is 0 Å². The quantitative estimate of drug-likeness (QED) is 0.170. The van der Waals surface area contributed by atoms with Crippen LogP contribution < -0.4 is 10.6 Å². The maximum Gasteiger partial charge on any atom is 0.328 e. The van der Waals surface area contributed by atoms with Crippen molar-refractivity contribution in [3.8, 4) is 0 Å². The van der Waals surface area contributed by atoms with E-state index in [0.29, 0.717) is 25.3 Å². The molecule has 0 heterocycles. The number of nitrogens with zero attached hydrogens (tertiary/aromatic N) is 1. The number of carbonyl (C=O) groups excluding carboxylic acids is 3. The Bertz CT molecular complexity index is 1350. The topological polar surface area (TPSA) is 87.7 Å². The Morgan fingerprint density at radius 2 is 1.68 bits per heavy atom. The zero-order chi connectivity index (χ0) is 31.9. The van der Waals surface area contributed by atoms with Crippen LogP contribution in [0, 0.1) is 12.8 Å². The fourth-order valence-electron chi connectivity index (χ4n) is 5.05. The van der Waals surface area contributed by atoms with Gasteiger partial charge in [-0.15, -0.1) is 11.8 Å². The minimum absolute atomic E-state index is 0.00945. The molecule has 9 heteroatoms. The molecule has 0 unspecified atom stereocenters. The van der Waals surface area contributed by atoms with Gasteiger partial charge in [-0.05, 0) is 53.2 Å². The molecule has 3 aromatic rings. The Kier molecular flexibility index (Phi) is 15.1. The summed E-state index contributed by atoms with van der Waals surface area (Å²) in [5.74, 6) is 1.36. The van der Waals surface area contributed by atoms with E-state index in [1.54, 1.807) is 23.5 Å². The molecule has 0 saturated heterocycles. The smallest absolute Gasteiger partial charge is 0.328 e. The molecule has 3 aromatic carbocycles. The van der Waals surface area contributed by atoms with Crippen molar-refractivity contribution in [3.63, 3.8) is 0 Å². The summed E-state index contributed by atoms with van der Waals surface area (Å²) < 4.78 is 4.95. The van der Waals surface area contributed by atoms with Crippen molar-refractivity contribution < 1.29 is 19.1 Å². The number of ether oxygens (including phenoxy) is 1. The molecule has 2 amide bonds. The summed E-state index contributed by atoms with van der Waals surface area (Å²) in [7, 11) is 1.34. The summed E-state index contributed by atoms with van der Waals surface area (Å²) in [4.78, 5) is 41.0. The number of thioether (sulfide) groups is 2. The number of rotatable bonds is 18. The first-order chi connectivity index (χ1) is 21.2. The van der Waals surface area contributed by atoms with Gasteiger partial charge >= 0.3 is 5.97 Å². The molecule has 0 fully saturated rings. The third-order valence-electron chi connectivity index (χ3n) is 7.83. The molecule has 0 aliphatic carbocycles. The highest BCUT2D eigenvalue weighted by Gasteiger charge is 2.26. The van der Waals surface area contributed by atoms with Crippen LogP contribution in [0.4, 0.5) is 0 Å². The molecule has 0 aliphatic rings. The van der Waals surface area contributed by atoms with Crippen molar-refractivity contribution >= 4 is 52.1 Å². The first-order valence-corrected chi connectivity index (χ1v) is 17.8. The maximum atomic E-state index is 13.4. The summed E-state index contributed by atoms with van der Waals surface area (Å²) in [6.07, 6.45) is 3.34. The van der Waals surface area contributed by atoms with Crippen LogP contribution in [0.5, 0.6) is 0 Å². The van der Waals surface area contributed by atoms with Gasteiger partial charge in [-0.3, -0.25) is 14.5 Å². The fourth-order valence-corrected chi connectivity index (χ4v) is 6.32. The molecule has 0 aliphatic heterocycles. The highest BCUT2D eigenvalue weighted by Crippen LogP contribution is 2.21. The van der Waals surface area contributed by atoms with Gasteiger partial charge in [-0.1, -0.05) is 92.6 Å².